The Labute approximate surface area is 271 Å². The largest absolute Gasteiger partial charge is 0.488 e. The van der Waals surface area contributed by atoms with Gasteiger partial charge in [-0.15, -0.1) is 0 Å². The molecule has 8 heteroatoms. The van der Waals surface area contributed by atoms with Crippen LogP contribution in [-0.4, -0.2) is 68.8 Å². The minimum absolute atomic E-state index is 0.272. The molecule has 8 nitrogen and oxygen atoms in total. The lowest BCUT2D eigenvalue weighted by molar-refractivity contribution is 0.00707. The van der Waals surface area contributed by atoms with E-state index < -0.39 is 11.6 Å². The highest BCUT2D eigenvalue weighted by Gasteiger charge is 2.24. The number of hydrogen-bond acceptors (Lipinski definition) is 7. The monoisotopic (exact) mass is 621 g/mol. The van der Waals surface area contributed by atoms with Crippen molar-refractivity contribution >= 4 is 23.3 Å². The summed E-state index contributed by atoms with van der Waals surface area (Å²) in [7, 11) is 2.02. The van der Waals surface area contributed by atoms with E-state index in [1.54, 1.807) is 6.07 Å². The van der Waals surface area contributed by atoms with E-state index >= 15 is 0 Å². The third-order valence-corrected chi connectivity index (χ3v) is 7.73. The van der Waals surface area contributed by atoms with Crippen LogP contribution in [-0.2, 0) is 16.1 Å². The predicted octanol–water partition coefficient (Wildman–Crippen LogP) is 6.91. The molecule has 240 valence electrons. The number of anilines is 2. The Bertz CT molecular complexity index is 1610. The number of rotatable bonds is 11. The molecule has 1 aliphatic rings. The van der Waals surface area contributed by atoms with Crippen LogP contribution in [0.2, 0.25) is 0 Å². The molecular weight excluding hydrogens is 578 g/mol. The molecule has 1 fully saturated rings. The van der Waals surface area contributed by atoms with E-state index in [0.717, 1.165) is 61.8 Å². The van der Waals surface area contributed by atoms with Crippen LogP contribution >= 0.6 is 0 Å². The zero-order valence-corrected chi connectivity index (χ0v) is 27.1. The summed E-state index contributed by atoms with van der Waals surface area (Å²) >= 11 is 0. The Hall–Kier alpha value is -4.66. The van der Waals surface area contributed by atoms with Crippen LogP contribution in [0.5, 0.6) is 5.75 Å². The maximum Gasteiger partial charge on any atom is 0.340 e. The first kappa shape index (κ1) is 32.7. The van der Waals surface area contributed by atoms with Crippen LogP contribution in [0.4, 0.5) is 11.4 Å². The fourth-order valence-electron chi connectivity index (χ4n) is 5.20. The molecular formula is C38H43N3O5. The van der Waals surface area contributed by atoms with Crippen LogP contribution in [0.15, 0.2) is 97.1 Å². The maximum atomic E-state index is 14.2. The molecule has 4 aromatic rings. The van der Waals surface area contributed by atoms with Crippen molar-refractivity contribution in [2.75, 3.05) is 56.7 Å². The number of ether oxygens (including phenoxy) is 3. The van der Waals surface area contributed by atoms with Crippen LogP contribution < -0.4 is 15.0 Å². The number of amides is 1. The first-order valence-electron chi connectivity index (χ1n) is 15.7. The van der Waals surface area contributed by atoms with Crippen LogP contribution in [0.1, 0.15) is 47.1 Å². The van der Waals surface area contributed by atoms with Crippen molar-refractivity contribution in [3.8, 4) is 16.9 Å². The molecule has 5 rings (SSSR count). The SMILES string of the molecule is CN(CCN1CCOCC1)c1ccc(OCc2ccccc2)c(C(=O)Nc2cc(-c3ccccc3)ccc2C(=O)OC(C)(C)C)c1. The van der Waals surface area contributed by atoms with Gasteiger partial charge in [0.2, 0.25) is 0 Å². The van der Waals surface area contributed by atoms with Gasteiger partial charge < -0.3 is 24.4 Å². The summed E-state index contributed by atoms with van der Waals surface area (Å²) < 4.78 is 17.4. The fraction of sp³-hybridized carbons (Fsp3) is 0.316. The summed E-state index contributed by atoms with van der Waals surface area (Å²) in [6.45, 7) is 10.8. The number of carbonyl (C=O) groups excluding carboxylic acids is 2. The van der Waals surface area contributed by atoms with Crippen molar-refractivity contribution in [1.29, 1.82) is 0 Å². The van der Waals surface area contributed by atoms with E-state index in [1.165, 1.54) is 0 Å². The van der Waals surface area contributed by atoms with E-state index in [-0.39, 0.29) is 11.5 Å². The molecule has 46 heavy (non-hydrogen) atoms. The van der Waals surface area contributed by atoms with Crippen LogP contribution in [0.25, 0.3) is 11.1 Å². The third-order valence-electron chi connectivity index (χ3n) is 7.73. The second kappa shape index (κ2) is 15.1. The fourth-order valence-corrected chi connectivity index (χ4v) is 5.20. The van der Waals surface area contributed by atoms with Gasteiger partial charge in [0.25, 0.3) is 5.91 Å². The average Bonchev–Trinajstić information content (AvgIpc) is 3.06. The standard InChI is InChI=1S/C38H43N3O5/c1-38(2,3)46-37(43)32-17-15-30(29-13-9-6-10-14-29)25-34(32)39-36(42)33-26-31(40(4)19-20-41-21-23-44-24-22-41)16-18-35(33)45-27-28-11-7-5-8-12-28/h5-18,25-26H,19-24,27H2,1-4H3,(H,39,42). The van der Waals surface area contributed by atoms with Gasteiger partial charge >= 0.3 is 5.97 Å². The molecule has 0 bridgehead atoms. The molecule has 0 unspecified atom stereocenters. The number of esters is 1. The Morgan fingerprint density at radius 2 is 1.54 bits per heavy atom. The van der Waals surface area contributed by atoms with Gasteiger partial charge in [-0.1, -0.05) is 66.7 Å². The van der Waals surface area contributed by atoms with Gasteiger partial charge in [0.15, 0.2) is 0 Å². The quantitative estimate of drug-likeness (QED) is 0.182. The van der Waals surface area contributed by atoms with Crippen LogP contribution in [0.3, 0.4) is 0 Å². The van der Waals surface area contributed by atoms with E-state index in [9.17, 15) is 9.59 Å². The number of nitrogens with one attached hydrogen (secondary N) is 1. The Morgan fingerprint density at radius 1 is 0.848 bits per heavy atom. The third kappa shape index (κ3) is 8.96. The molecule has 0 atom stereocenters. The van der Waals surface area contributed by atoms with E-state index in [2.05, 4.69) is 15.1 Å². The molecule has 4 aromatic carbocycles. The molecule has 0 radical (unpaired) electrons. The highest BCUT2D eigenvalue weighted by molar-refractivity contribution is 6.10. The molecule has 1 amide bonds. The molecule has 0 saturated carbocycles. The highest BCUT2D eigenvalue weighted by Crippen LogP contribution is 2.31. The summed E-state index contributed by atoms with van der Waals surface area (Å²) in [6, 6.07) is 30.7. The van der Waals surface area contributed by atoms with Gasteiger partial charge in [0.05, 0.1) is 30.0 Å². The highest BCUT2D eigenvalue weighted by atomic mass is 16.6. The van der Waals surface area contributed by atoms with Crippen molar-refractivity contribution < 1.29 is 23.8 Å². The lowest BCUT2D eigenvalue weighted by Crippen LogP contribution is -2.40. The summed E-state index contributed by atoms with van der Waals surface area (Å²) in [5, 5.41) is 3.03. The second-order valence-electron chi connectivity index (χ2n) is 12.4. The number of hydrogen-bond donors (Lipinski definition) is 1. The molecule has 0 aromatic heterocycles. The molecule has 1 saturated heterocycles. The minimum atomic E-state index is -0.699. The van der Waals surface area contributed by atoms with Gasteiger partial charge in [0, 0.05) is 38.9 Å². The van der Waals surface area contributed by atoms with Gasteiger partial charge in [-0.25, -0.2) is 4.79 Å². The van der Waals surface area contributed by atoms with Gasteiger partial charge in [-0.3, -0.25) is 9.69 Å². The maximum absolute atomic E-state index is 14.2. The molecule has 1 aliphatic heterocycles. The Kier molecular flexibility index (Phi) is 10.7. The van der Waals surface area contributed by atoms with Crippen molar-refractivity contribution in [2.24, 2.45) is 0 Å². The number of likely N-dealkylation sites (N-methyl/N-ethyl adjacent to an activating group) is 1. The normalized spacial score (nSPS) is 13.6. The first-order valence-corrected chi connectivity index (χ1v) is 15.7. The van der Waals surface area contributed by atoms with Crippen molar-refractivity contribution in [2.45, 2.75) is 33.0 Å². The average molecular weight is 622 g/mol. The summed E-state index contributed by atoms with van der Waals surface area (Å²) in [5.74, 6) is -0.453. The van der Waals surface area contributed by atoms with Crippen molar-refractivity contribution in [3.05, 3.63) is 114 Å². The predicted molar refractivity (Wildman–Crippen MR) is 183 cm³/mol. The summed E-state index contributed by atoms with van der Waals surface area (Å²) in [6.07, 6.45) is 0. The lowest BCUT2D eigenvalue weighted by Gasteiger charge is -2.29. The second-order valence-corrected chi connectivity index (χ2v) is 12.4. The zero-order valence-electron chi connectivity index (χ0n) is 27.1. The van der Waals surface area contributed by atoms with Crippen molar-refractivity contribution in [1.82, 2.24) is 4.90 Å². The van der Waals surface area contributed by atoms with E-state index in [0.29, 0.717) is 23.6 Å². The molecule has 1 heterocycles. The Morgan fingerprint density at radius 3 is 2.24 bits per heavy atom. The van der Waals surface area contributed by atoms with E-state index in [4.69, 9.17) is 14.2 Å². The Balaban J connectivity index is 1.45. The lowest BCUT2D eigenvalue weighted by atomic mass is 10.0. The van der Waals surface area contributed by atoms with E-state index in [1.807, 2.05) is 119 Å². The first-order chi connectivity index (χ1) is 22.2. The number of carbonyl (C=O) groups is 2. The topological polar surface area (TPSA) is 80.3 Å². The summed E-state index contributed by atoms with van der Waals surface area (Å²) in [4.78, 5) is 32.0. The number of morpholine rings is 1. The minimum Gasteiger partial charge on any atom is -0.488 e. The number of benzene rings is 4. The molecule has 0 spiro atoms. The van der Waals surface area contributed by atoms with Gasteiger partial charge in [-0.05, 0) is 67.8 Å². The van der Waals surface area contributed by atoms with Gasteiger partial charge in [0.1, 0.15) is 18.0 Å². The molecule has 0 aliphatic carbocycles. The van der Waals surface area contributed by atoms with Crippen molar-refractivity contribution in [3.63, 3.8) is 0 Å². The zero-order chi connectivity index (χ0) is 32.5. The summed E-state index contributed by atoms with van der Waals surface area (Å²) in [5.41, 5.74) is 4.00. The molecule has 1 N–H and O–H groups in total. The number of nitrogens with zero attached hydrogens (tertiary/aromatic N) is 2. The van der Waals surface area contributed by atoms with Crippen LogP contribution in [0, 0.1) is 0 Å². The van der Waals surface area contributed by atoms with Gasteiger partial charge in [-0.2, -0.15) is 0 Å². The smallest absolute Gasteiger partial charge is 0.340 e.